The lowest BCUT2D eigenvalue weighted by Gasteiger charge is -2.12. The lowest BCUT2D eigenvalue weighted by molar-refractivity contribution is -0.0429. The molecule has 0 aliphatic carbocycles. The molecule has 2 aromatic carbocycles. The fourth-order valence-electron chi connectivity index (χ4n) is 1.87. The van der Waals surface area contributed by atoms with E-state index >= 15 is 0 Å². The molecule has 2 aromatic rings. The number of primary sulfonamides is 1. The van der Waals surface area contributed by atoms with Crippen LogP contribution in [0.4, 0.5) is 24.5 Å². The number of hydrogen-bond donors (Lipinski definition) is 3. The summed E-state index contributed by atoms with van der Waals surface area (Å²) in [5, 5.41) is 4.96. The normalized spacial score (nSPS) is 13.1. The van der Waals surface area contributed by atoms with Crippen LogP contribution in [0.3, 0.4) is 0 Å². The second-order valence-electron chi connectivity index (χ2n) is 5.25. The van der Waals surface area contributed by atoms with Crippen LogP contribution in [0.25, 0.3) is 0 Å². The van der Waals surface area contributed by atoms with Gasteiger partial charge in [-0.3, -0.25) is 9.44 Å². The van der Waals surface area contributed by atoms with Gasteiger partial charge in [0.2, 0.25) is 10.0 Å². The average Bonchev–Trinajstić information content (AvgIpc) is 2.53. The van der Waals surface area contributed by atoms with Crippen molar-refractivity contribution in [2.75, 3.05) is 9.44 Å². The number of halogens is 3. The number of hydrogen-bond acceptors (Lipinski definition) is 6. The van der Waals surface area contributed by atoms with E-state index in [2.05, 4.69) is 4.72 Å². The molecular formula is C13H12F3N3O6S3. The highest BCUT2D eigenvalue weighted by Crippen LogP contribution is 2.26. The molecule has 0 amide bonds. The maximum Gasteiger partial charge on any atom is 0.516 e. The number of nitrogens with one attached hydrogen (secondary N) is 2. The molecule has 0 spiro atoms. The Morgan fingerprint density at radius 3 is 1.82 bits per heavy atom. The van der Waals surface area contributed by atoms with Crippen molar-refractivity contribution in [1.29, 1.82) is 0 Å². The van der Waals surface area contributed by atoms with Gasteiger partial charge in [-0.1, -0.05) is 6.07 Å². The number of sulfonamides is 3. The minimum Gasteiger partial charge on any atom is -0.280 e. The van der Waals surface area contributed by atoms with Gasteiger partial charge in [-0.2, -0.15) is 21.6 Å². The van der Waals surface area contributed by atoms with E-state index in [-0.39, 0.29) is 10.6 Å². The number of nitrogens with two attached hydrogens (primary N) is 1. The topological polar surface area (TPSA) is 152 Å². The third kappa shape index (κ3) is 5.12. The fraction of sp³-hybridized carbons (Fsp3) is 0.0769. The maximum atomic E-state index is 12.3. The van der Waals surface area contributed by atoms with E-state index in [0.717, 1.165) is 36.4 Å². The van der Waals surface area contributed by atoms with Crippen molar-refractivity contribution < 1.29 is 38.4 Å². The lowest BCUT2D eigenvalue weighted by atomic mass is 10.3. The molecule has 0 bridgehead atoms. The third-order valence-electron chi connectivity index (χ3n) is 3.14. The molecule has 0 unspecified atom stereocenters. The van der Waals surface area contributed by atoms with Crippen LogP contribution in [0.2, 0.25) is 0 Å². The van der Waals surface area contributed by atoms with E-state index < -0.39 is 46.2 Å². The predicted octanol–water partition coefficient (Wildman–Crippen LogP) is 1.40. The zero-order valence-corrected chi connectivity index (χ0v) is 16.0. The first-order chi connectivity index (χ1) is 12.6. The summed E-state index contributed by atoms with van der Waals surface area (Å²) in [7, 11) is -14.0. The van der Waals surface area contributed by atoms with Crippen LogP contribution in [-0.2, 0) is 30.1 Å². The standard InChI is InChI=1S/C13H12F3N3O6S3/c14-13(15,16)28(24,25)19-9-4-6-11(7-5-9)27(22,23)18-10-2-1-3-12(8-10)26(17,20)21/h1-8,18-19H,(H2,17,20,21). The SMILES string of the molecule is NS(=O)(=O)c1cccc(NS(=O)(=O)c2ccc(NS(=O)(=O)C(F)(F)F)cc2)c1. The summed E-state index contributed by atoms with van der Waals surface area (Å²) in [5.41, 5.74) is -6.17. The van der Waals surface area contributed by atoms with Gasteiger partial charge in [0.25, 0.3) is 10.0 Å². The monoisotopic (exact) mass is 459 g/mol. The smallest absolute Gasteiger partial charge is 0.280 e. The summed E-state index contributed by atoms with van der Waals surface area (Å²) in [4.78, 5) is -0.756. The van der Waals surface area contributed by atoms with Crippen molar-refractivity contribution in [1.82, 2.24) is 0 Å². The molecule has 0 atom stereocenters. The van der Waals surface area contributed by atoms with Gasteiger partial charge in [0.1, 0.15) is 0 Å². The zero-order chi connectivity index (χ0) is 21.4. The first-order valence-corrected chi connectivity index (χ1v) is 11.5. The van der Waals surface area contributed by atoms with Gasteiger partial charge in [0, 0.05) is 5.69 Å². The van der Waals surface area contributed by atoms with Crippen molar-refractivity contribution in [3.63, 3.8) is 0 Å². The molecular weight excluding hydrogens is 447 g/mol. The molecule has 2 rings (SSSR count). The van der Waals surface area contributed by atoms with Crippen LogP contribution in [0, 0.1) is 0 Å². The summed E-state index contributed by atoms with van der Waals surface area (Å²) < 4.78 is 110. The molecule has 4 N–H and O–H groups in total. The Morgan fingerprint density at radius 1 is 0.750 bits per heavy atom. The van der Waals surface area contributed by atoms with Crippen LogP contribution in [0.15, 0.2) is 58.3 Å². The second kappa shape index (κ2) is 7.23. The van der Waals surface area contributed by atoms with Gasteiger partial charge < -0.3 is 0 Å². The van der Waals surface area contributed by atoms with E-state index in [4.69, 9.17) is 5.14 Å². The zero-order valence-electron chi connectivity index (χ0n) is 13.5. The quantitative estimate of drug-likeness (QED) is 0.594. The Bertz CT molecular complexity index is 1190. The minimum absolute atomic E-state index is 0.131. The largest absolute Gasteiger partial charge is 0.516 e. The summed E-state index contributed by atoms with van der Waals surface area (Å²) in [6.45, 7) is 0. The molecule has 0 aliphatic heterocycles. The highest BCUT2D eigenvalue weighted by Gasteiger charge is 2.46. The maximum absolute atomic E-state index is 12.3. The number of rotatable bonds is 6. The molecule has 0 saturated carbocycles. The van der Waals surface area contributed by atoms with Gasteiger partial charge in [0.05, 0.1) is 15.5 Å². The minimum atomic E-state index is -5.65. The molecule has 9 nitrogen and oxygen atoms in total. The lowest BCUT2D eigenvalue weighted by Crippen LogP contribution is -2.29. The summed E-state index contributed by atoms with van der Waals surface area (Å²) in [6.07, 6.45) is 0. The van der Waals surface area contributed by atoms with Crippen molar-refractivity contribution in [2.24, 2.45) is 5.14 Å². The van der Waals surface area contributed by atoms with Gasteiger partial charge in [0.15, 0.2) is 0 Å². The molecule has 0 fully saturated rings. The Hall–Kier alpha value is -2.36. The molecule has 0 radical (unpaired) electrons. The van der Waals surface area contributed by atoms with E-state index in [0.29, 0.717) is 0 Å². The van der Waals surface area contributed by atoms with Crippen molar-refractivity contribution in [2.45, 2.75) is 15.3 Å². The van der Waals surface area contributed by atoms with Crippen molar-refractivity contribution in [3.8, 4) is 0 Å². The van der Waals surface area contributed by atoms with Gasteiger partial charge in [-0.05, 0) is 42.5 Å². The molecule has 15 heteroatoms. The Kier molecular flexibility index (Phi) is 5.66. The van der Waals surface area contributed by atoms with Crippen LogP contribution >= 0.6 is 0 Å². The summed E-state index contributed by atoms with van der Waals surface area (Å²) >= 11 is 0. The highest BCUT2D eigenvalue weighted by molar-refractivity contribution is 7.93. The molecule has 0 saturated heterocycles. The van der Waals surface area contributed by atoms with E-state index in [1.54, 1.807) is 0 Å². The summed E-state index contributed by atoms with van der Waals surface area (Å²) in [5.74, 6) is 0. The molecule has 28 heavy (non-hydrogen) atoms. The van der Waals surface area contributed by atoms with Gasteiger partial charge in [-0.15, -0.1) is 0 Å². The average molecular weight is 459 g/mol. The molecule has 0 aliphatic rings. The highest BCUT2D eigenvalue weighted by atomic mass is 32.2. The van der Waals surface area contributed by atoms with Gasteiger partial charge >= 0.3 is 15.5 Å². The fourth-order valence-corrected chi connectivity index (χ4v) is 4.04. The van der Waals surface area contributed by atoms with E-state index in [9.17, 15) is 38.4 Å². The van der Waals surface area contributed by atoms with Crippen LogP contribution in [-0.4, -0.2) is 30.8 Å². The number of alkyl halides is 3. The molecule has 0 aromatic heterocycles. The van der Waals surface area contributed by atoms with Crippen molar-refractivity contribution >= 4 is 41.4 Å². The Morgan fingerprint density at radius 2 is 1.32 bits per heavy atom. The Balaban J connectivity index is 2.26. The first-order valence-electron chi connectivity index (χ1n) is 6.97. The van der Waals surface area contributed by atoms with Crippen LogP contribution in [0.5, 0.6) is 0 Å². The number of anilines is 2. The van der Waals surface area contributed by atoms with Crippen LogP contribution < -0.4 is 14.6 Å². The Labute approximate surface area is 158 Å². The molecule has 154 valence electrons. The predicted molar refractivity (Wildman–Crippen MR) is 93.7 cm³/mol. The summed E-state index contributed by atoms with van der Waals surface area (Å²) in [6, 6.07) is 7.97. The number of benzene rings is 2. The van der Waals surface area contributed by atoms with Crippen LogP contribution in [0.1, 0.15) is 0 Å². The van der Waals surface area contributed by atoms with E-state index in [1.165, 1.54) is 16.9 Å². The van der Waals surface area contributed by atoms with Gasteiger partial charge in [-0.25, -0.2) is 22.0 Å². The van der Waals surface area contributed by atoms with Crippen molar-refractivity contribution in [3.05, 3.63) is 48.5 Å². The first kappa shape index (κ1) is 21.9. The van der Waals surface area contributed by atoms with E-state index in [1.807, 2.05) is 0 Å². The second-order valence-corrected chi connectivity index (χ2v) is 10.2. The molecule has 0 heterocycles. The third-order valence-corrected chi connectivity index (χ3v) is 6.56.